The van der Waals surface area contributed by atoms with Gasteiger partial charge >= 0.3 is 5.97 Å². The van der Waals surface area contributed by atoms with Crippen molar-refractivity contribution in [2.75, 3.05) is 32.7 Å². The molecule has 22 heteroatoms. The van der Waals surface area contributed by atoms with Gasteiger partial charge in [0.05, 0.1) is 6.42 Å². The van der Waals surface area contributed by atoms with Gasteiger partial charge in [0, 0.05) is 95.2 Å². The molecule has 5 N–H and O–H groups in total. The summed E-state index contributed by atoms with van der Waals surface area (Å²) in [6, 6.07) is 0. The molecule has 0 heterocycles. The molecule has 16 nitrogen and oxygen atoms in total. The number of hydrogen-bond acceptors (Lipinski definition) is 11. The molecule has 58 heavy (non-hydrogen) atoms. The summed E-state index contributed by atoms with van der Waals surface area (Å²) in [5, 5.41) is 36.0. The molecule has 330 valence electrons. The Balaban J connectivity index is 0.0000325. The number of hydroxylamine groups is 6. The van der Waals surface area contributed by atoms with Crippen molar-refractivity contribution >= 4 is 41.3 Å². The van der Waals surface area contributed by atoms with Gasteiger partial charge in [-0.2, -0.15) is 8.78 Å². The standard InChI is InChI=1S/C36H52F5N5O11.Fe/c1-24(47)44(54)21-9-3-2-6-12-25(48)13-16-28(51)45(55)22-10-4-7-19-42-26(49)14-17-29(52)46(56)23-11-5-8-20-43-27(50)15-18-30(53)57-36-34(40)32(38)31(37)33(39)35(36)41;/h54-56H,2-23H2,1H3,(H,42,49)(H,43,50);. The van der Waals surface area contributed by atoms with Crippen LogP contribution in [0.3, 0.4) is 0 Å². The van der Waals surface area contributed by atoms with Crippen LogP contribution in [0, 0.1) is 29.1 Å². The van der Waals surface area contributed by atoms with E-state index in [1.165, 1.54) is 6.92 Å². The smallest absolute Gasteiger partial charge is 0.311 e. The van der Waals surface area contributed by atoms with Crippen molar-refractivity contribution in [2.24, 2.45) is 0 Å². The Hall–Kier alpha value is -4.24. The summed E-state index contributed by atoms with van der Waals surface area (Å²) in [4.78, 5) is 82.9. The zero-order valence-electron chi connectivity index (χ0n) is 32.2. The zero-order chi connectivity index (χ0) is 42.9. The summed E-state index contributed by atoms with van der Waals surface area (Å²) in [5.41, 5.74) is 0. The van der Waals surface area contributed by atoms with Gasteiger partial charge in [0.1, 0.15) is 5.78 Å². The average molecular weight is 882 g/mol. The van der Waals surface area contributed by atoms with Gasteiger partial charge in [0.15, 0.2) is 0 Å². The van der Waals surface area contributed by atoms with Crippen molar-refractivity contribution in [3.05, 3.63) is 29.1 Å². The summed E-state index contributed by atoms with van der Waals surface area (Å²) in [7, 11) is 0. The van der Waals surface area contributed by atoms with E-state index in [1.807, 2.05) is 0 Å². The molecule has 0 aliphatic carbocycles. The molecule has 0 aliphatic rings. The van der Waals surface area contributed by atoms with E-state index in [2.05, 4.69) is 15.4 Å². The number of hydrogen-bond donors (Lipinski definition) is 5. The number of benzene rings is 1. The Kier molecular flexibility index (Phi) is 27.7. The van der Waals surface area contributed by atoms with Crippen LogP contribution in [0.2, 0.25) is 0 Å². The zero-order valence-corrected chi connectivity index (χ0v) is 33.4. The number of unbranched alkanes of at least 4 members (excludes halogenated alkanes) is 7. The van der Waals surface area contributed by atoms with Crippen LogP contribution in [0.5, 0.6) is 5.75 Å². The minimum absolute atomic E-state index is 0. The second-order valence-electron chi connectivity index (χ2n) is 13.1. The first-order valence-electron chi connectivity index (χ1n) is 18.7. The van der Waals surface area contributed by atoms with E-state index in [0.717, 1.165) is 12.8 Å². The predicted molar refractivity (Wildman–Crippen MR) is 188 cm³/mol. The van der Waals surface area contributed by atoms with Crippen LogP contribution in [0.15, 0.2) is 0 Å². The molecule has 0 unspecified atom stereocenters. The number of ketones is 1. The van der Waals surface area contributed by atoms with Crippen molar-refractivity contribution in [2.45, 2.75) is 116 Å². The maximum absolute atomic E-state index is 13.6. The second kappa shape index (κ2) is 29.9. The number of rotatable bonds is 29. The first-order chi connectivity index (χ1) is 27.0. The Morgan fingerprint density at radius 1 is 0.500 bits per heavy atom. The molecule has 1 aromatic carbocycles. The number of carbonyl (C=O) groups is 7. The number of nitrogens with one attached hydrogen (secondary N) is 2. The molecule has 0 aromatic heterocycles. The molecule has 0 atom stereocenters. The summed E-state index contributed by atoms with van der Waals surface area (Å²) in [6.07, 6.45) is 4.03. The van der Waals surface area contributed by atoms with Gasteiger partial charge in [-0.25, -0.2) is 28.4 Å². The van der Waals surface area contributed by atoms with Crippen LogP contribution < -0.4 is 15.4 Å². The maximum Gasteiger partial charge on any atom is 0.311 e. The number of nitrogens with zero attached hydrogens (tertiary/aromatic N) is 3. The Labute approximate surface area is 343 Å². The number of halogens is 5. The molecule has 5 amide bonds. The summed E-state index contributed by atoms with van der Waals surface area (Å²) < 4.78 is 71.0. The SMILES string of the molecule is CC(=O)N(O)CCCCCCC(=O)CCC(=O)N(O)CCCCCNC(=O)CCC(=O)N(O)CCCCCNC(=O)CCC(=O)Oc1c(F)c(F)c(F)c(F)c1F.[Fe]. The molecule has 0 spiro atoms. The normalized spacial score (nSPS) is 10.6. The van der Waals surface area contributed by atoms with Crippen molar-refractivity contribution < 1.29 is 92.9 Å². The van der Waals surface area contributed by atoms with Gasteiger partial charge in [-0.05, 0) is 51.4 Å². The van der Waals surface area contributed by atoms with Crippen LogP contribution in [-0.4, -0.2) is 105 Å². The van der Waals surface area contributed by atoms with Gasteiger partial charge in [-0.3, -0.25) is 49.2 Å². The van der Waals surface area contributed by atoms with E-state index in [9.17, 15) is 71.1 Å². The predicted octanol–water partition coefficient (Wildman–Crippen LogP) is 4.39. The van der Waals surface area contributed by atoms with Crippen LogP contribution >= 0.6 is 0 Å². The van der Waals surface area contributed by atoms with Crippen LogP contribution in [0.25, 0.3) is 0 Å². The van der Waals surface area contributed by atoms with Crippen LogP contribution in [0.4, 0.5) is 22.0 Å². The van der Waals surface area contributed by atoms with Gasteiger partial charge in [0.25, 0.3) is 0 Å². The van der Waals surface area contributed by atoms with Gasteiger partial charge in [0.2, 0.25) is 64.4 Å². The molecule has 0 aliphatic heterocycles. The Morgan fingerprint density at radius 2 is 0.897 bits per heavy atom. The van der Waals surface area contributed by atoms with Crippen LogP contribution in [0.1, 0.15) is 116 Å². The third-order valence-corrected chi connectivity index (χ3v) is 8.38. The summed E-state index contributed by atoms with van der Waals surface area (Å²) >= 11 is 0. The van der Waals surface area contributed by atoms with Gasteiger partial charge in [-0.15, -0.1) is 0 Å². The quantitative estimate of drug-likeness (QED) is 0.00874. The topological polar surface area (TPSA) is 223 Å². The molecular formula is C36H52F5FeN5O11. The molecule has 0 radical (unpaired) electrons. The Morgan fingerprint density at radius 3 is 1.38 bits per heavy atom. The van der Waals surface area contributed by atoms with Gasteiger partial charge < -0.3 is 15.4 Å². The van der Waals surface area contributed by atoms with Crippen LogP contribution in [-0.2, 0) is 50.6 Å². The fourth-order valence-electron chi connectivity index (χ4n) is 5.01. The molecule has 0 fully saturated rings. The largest absolute Gasteiger partial charge is 0.420 e. The Bertz CT molecular complexity index is 1500. The number of ether oxygens (including phenoxy) is 1. The number of esters is 1. The fraction of sp³-hybridized carbons (Fsp3) is 0.639. The van der Waals surface area contributed by atoms with E-state index in [1.54, 1.807) is 0 Å². The third kappa shape index (κ3) is 22.1. The number of Topliss-reactive ketones (excluding diaryl/α,β-unsaturated/α-hetero) is 1. The second-order valence-corrected chi connectivity index (χ2v) is 13.1. The summed E-state index contributed by atoms with van der Waals surface area (Å²) in [5.74, 6) is -17.7. The van der Waals surface area contributed by atoms with E-state index in [0.29, 0.717) is 73.0 Å². The van der Waals surface area contributed by atoms with E-state index < -0.39 is 83.2 Å². The monoisotopic (exact) mass is 881 g/mol. The minimum atomic E-state index is -2.42. The minimum Gasteiger partial charge on any atom is -0.420 e. The van der Waals surface area contributed by atoms with Gasteiger partial charge in [-0.1, -0.05) is 12.8 Å². The molecular weight excluding hydrogens is 829 g/mol. The maximum atomic E-state index is 13.6. The molecule has 0 saturated heterocycles. The van der Waals surface area contributed by atoms with E-state index in [4.69, 9.17) is 0 Å². The average Bonchev–Trinajstić information content (AvgIpc) is 3.18. The van der Waals surface area contributed by atoms with Crippen molar-refractivity contribution in [1.82, 2.24) is 25.8 Å². The molecule has 1 aromatic rings. The molecule has 1 rings (SSSR count). The fourth-order valence-corrected chi connectivity index (χ4v) is 5.01. The first-order valence-corrected chi connectivity index (χ1v) is 18.7. The first kappa shape index (κ1) is 53.8. The van der Waals surface area contributed by atoms with Crippen molar-refractivity contribution in [1.29, 1.82) is 0 Å². The van der Waals surface area contributed by atoms with E-state index in [-0.39, 0.29) is 81.3 Å². The number of amides is 5. The number of carbonyl (C=O) groups excluding carboxylic acids is 7. The molecule has 0 saturated carbocycles. The van der Waals surface area contributed by atoms with Crippen molar-refractivity contribution in [3.8, 4) is 5.75 Å². The van der Waals surface area contributed by atoms with E-state index >= 15 is 0 Å². The van der Waals surface area contributed by atoms with Crippen molar-refractivity contribution in [3.63, 3.8) is 0 Å². The summed E-state index contributed by atoms with van der Waals surface area (Å²) in [6.45, 7) is 1.92. The third-order valence-electron chi connectivity index (χ3n) is 8.38. The molecule has 0 bridgehead atoms.